The summed E-state index contributed by atoms with van der Waals surface area (Å²) in [5.74, 6) is 1.13. The summed E-state index contributed by atoms with van der Waals surface area (Å²) in [5.41, 5.74) is 2.78. The number of aromatic nitrogens is 2. The van der Waals surface area contributed by atoms with E-state index in [0.717, 1.165) is 16.9 Å². The van der Waals surface area contributed by atoms with Gasteiger partial charge in [-0.05, 0) is 65.1 Å². The number of benzene rings is 3. The topological polar surface area (TPSA) is 86.9 Å². The fourth-order valence-electron chi connectivity index (χ4n) is 4.23. The highest BCUT2D eigenvalue weighted by Gasteiger charge is 2.20. The highest BCUT2D eigenvalue weighted by molar-refractivity contribution is 5.78. The summed E-state index contributed by atoms with van der Waals surface area (Å²) in [7, 11) is 3.36. The van der Waals surface area contributed by atoms with Gasteiger partial charge in [-0.3, -0.25) is 9.69 Å². The summed E-state index contributed by atoms with van der Waals surface area (Å²) in [4.78, 5) is 18.3. The molecule has 0 aliphatic rings. The van der Waals surface area contributed by atoms with Gasteiger partial charge in [0.15, 0.2) is 0 Å². The molecule has 0 saturated carbocycles. The number of carbonyl (C=O) groups is 1. The first kappa shape index (κ1) is 28.8. The maximum Gasteiger partial charge on any atom is 0.320 e. The molecule has 40 heavy (non-hydrogen) atoms. The molecule has 0 aliphatic carbocycles. The van der Waals surface area contributed by atoms with Gasteiger partial charge in [-0.2, -0.15) is 4.98 Å². The largest absolute Gasteiger partial charge is 0.496 e. The second kappa shape index (κ2) is 12.3. The van der Waals surface area contributed by atoms with Gasteiger partial charge in [0, 0.05) is 34.4 Å². The number of methoxy groups -OCH3 is 1. The standard InChI is InChI=1S/C31H34FN3O5/c1-7-38-27-17-21(14-15-24(27)23-10-8-9-11-26(23)37-6)30-33-29(34-40-30)20-12-13-22(25(32)16-20)18-35(5)19-28(36)39-31(2,3)4/h8-17H,7,18-19H2,1-6H3. The smallest absolute Gasteiger partial charge is 0.320 e. The first-order valence-electron chi connectivity index (χ1n) is 13.0. The van der Waals surface area contributed by atoms with Crippen LogP contribution < -0.4 is 9.47 Å². The van der Waals surface area contributed by atoms with Crippen molar-refractivity contribution in [3.63, 3.8) is 0 Å². The summed E-state index contributed by atoms with van der Waals surface area (Å²) in [6.45, 7) is 8.09. The molecule has 4 rings (SSSR count). The van der Waals surface area contributed by atoms with E-state index in [1.54, 1.807) is 31.2 Å². The minimum Gasteiger partial charge on any atom is -0.496 e. The van der Waals surface area contributed by atoms with Crippen molar-refractivity contribution < 1.29 is 27.9 Å². The highest BCUT2D eigenvalue weighted by atomic mass is 19.1. The average Bonchev–Trinajstić information content (AvgIpc) is 3.39. The normalized spacial score (nSPS) is 11.5. The van der Waals surface area contributed by atoms with Crippen molar-refractivity contribution in [2.45, 2.75) is 39.8 Å². The van der Waals surface area contributed by atoms with Crippen molar-refractivity contribution in [3.05, 3.63) is 72.0 Å². The van der Waals surface area contributed by atoms with Crippen LogP contribution in [0.25, 0.3) is 34.0 Å². The Hall–Kier alpha value is -4.24. The zero-order chi connectivity index (χ0) is 28.9. The number of rotatable bonds is 10. The van der Waals surface area contributed by atoms with Crippen LogP contribution in [0.4, 0.5) is 4.39 Å². The number of hydrogen-bond acceptors (Lipinski definition) is 8. The highest BCUT2D eigenvalue weighted by Crippen LogP contribution is 2.38. The van der Waals surface area contributed by atoms with Crippen LogP contribution in [-0.4, -0.2) is 53.9 Å². The molecule has 4 aromatic rings. The van der Waals surface area contributed by atoms with Crippen LogP contribution in [0.5, 0.6) is 11.5 Å². The predicted octanol–water partition coefficient (Wildman–Crippen LogP) is 6.39. The molecule has 1 aromatic heterocycles. The molecule has 0 bridgehead atoms. The number of hydrogen-bond donors (Lipinski definition) is 0. The SMILES string of the molecule is CCOc1cc(-c2nc(-c3ccc(CN(C)CC(=O)OC(C)(C)C)c(F)c3)no2)ccc1-c1ccccc1OC. The minimum absolute atomic E-state index is 0.0479. The third-order valence-electron chi connectivity index (χ3n) is 5.92. The molecule has 3 aromatic carbocycles. The molecule has 0 fully saturated rings. The zero-order valence-electron chi connectivity index (χ0n) is 23.7. The van der Waals surface area contributed by atoms with E-state index in [0.29, 0.717) is 29.0 Å². The van der Waals surface area contributed by atoms with E-state index in [2.05, 4.69) is 10.1 Å². The molecule has 0 saturated heterocycles. The molecule has 0 radical (unpaired) electrons. The summed E-state index contributed by atoms with van der Waals surface area (Å²) < 4.78 is 37.3. The Balaban J connectivity index is 1.52. The molecule has 8 nitrogen and oxygen atoms in total. The summed E-state index contributed by atoms with van der Waals surface area (Å²) in [6.07, 6.45) is 0. The number of para-hydroxylation sites is 1. The van der Waals surface area contributed by atoms with Gasteiger partial charge >= 0.3 is 5.97 Å². The molecular weight excluding hydrogens is 513 g/mol. The number of carbonyl (C=O) groups excluding carboxylic acids is 1. The van der Waals surface area contributed by atoms with Gasteiger partial charge in [0.1, 0.15) is 22.9 Å². The lowest BCUT2D eigenvalue weighted by Crippen LogP contribution is -2.32. The van der Waals surface area contributed by atoms with E-state index >= 15 is 0 Å². The van der Waals surface area contributed by atoms with E-state index in [1.165, 1.54) is 6.07 Å². The van der Waals surface area contributed by atoms with Gasteiger partial charge in [-0.1, -0.05) is 35.5 Å². The van der Waals surface area contributed by atoms with Crippen LogP contribution in [0.1, 0.15) is 33.3 Å². The van der Waals surface area contributed by atoms with Gasteiger partial charge in [0.05, 0.1) is 20.3 Å². The summed E-state index contributed by atoms with van der Waals surface area (Å²) in [6, 6.07) is 18.1. The molecule has 0 aliphatic heterocycles. The average molecular weight is 548 g/mol. The van der Waals surface area contributed by atoms with E-state index in [4.69, 9.17) is 18.7 Å². The van der Waals surface area contributed by atoms with E-state index in [-0.39, 0.29) is 30.8 Å². The minimum atomic E-state index is -0.573. The molecule has 9 heteroatoms. The Bertz CT molecular complexity index is 1480. The molecule has 1 heterocycles. The first-order chi connectivity index (χ1) is 19.1. The van der Waals surface area contributed by atoms with Crippen LogP contribution in [0.2, 0.25) is 0 Å². The van der Waals surface area contributed by atoms with Crippen LogP contribution in [0.15, 0.2) is 65.2 Å². The molecular formula is C31H34FN3O5. The van der Waals surface area contributed by atoms with Gasteiger partial charge in [-0.15, -0.1) is 0 Å². The van der Waals surface area contributed by atoms with Gasteiger partial charge < -0.3 is 18.7 Å². The van der Waals surface area contributed by atoms with Crippen LogP contribution in [0, 0.1) is 5.82 Å². The lowest BCUT2D eigenvalue weighted by molar-refractivity contribution is -0.155. The maximum absolute atomic E-state index is 15.0. The second-order valence-corrected chi connectivity index (χ2v) is 10.3. The Labute approximate surface area is 233 Å². The second-order valence-electron chi connectivity index (χ2n) is 10.3. The van der Waals surface area contributed by atoms with Gasteiger partial charge in [0.25, 0.3) is 5.89 Å². The molecule has 0 atom stereocenters. The van der Waals surface area contributed by atoms with Crippen LogP contribution in [-0.2, 0) is 16.1 Å². The molecule has 0 N–H and O–H groups in total. The quantitative estimate of drug-likeness (QED) is 0.211. The zero-order valence-corrected chi connectivity index (χ0v) is 23.7. The molecule has 0 spiro atoms. The number of likely N-dealkylation sites (N-methyl/N-ethyl adjacent to an activating group) is 1. The molecule has 210 valence electrons. The van der Waals surface area contributed by atoms with Crippen molar-refractivity contribution >= 4 is 5.97 Å². The van der Waals surface area contributed by atoms with Crippen molar-refractivity contribution in [1.82, 2.24) is 15.0 Å². The number of esters is 1. The fraction of sp³-hybridized carbons (Fsp3) is 0.323. The van der Waals surface area contributed by atoms with Crippen molar-refractivity contribution in [2.24, 2.45) is 0 Å². The Morgan fingerprint density at radius 2 is 1.73 bits per heavy atom. The van der Waals surface area contributed by atoms with Gasteiger partial charge in [0.2, 0.25) is 5.82 Å². The lowest BCUT2D eigenvalue weighted by atomic mass is 10.0. The number of nitrogens with zero attached hydrogens (tertiary/aromatic N) is 3. The van der Waals surface area contributed by atoms with Gasteiger partial charge in [-0.25, -0.2) is 4.39 Å². The van der Waals surface area contributed by atoms with E-state index < -0.39 is 11.4 Å². The summed E-state index contributed by atoms with van der Waals surface area (Å²) >= 11 is 0. The van der Waals surface area contributed by atoms with E-state index in [1.807, 2.05) is 70.2 Å². The van der Waals surface area contributed by atoms with E-state index in [9.17, 15) is 9.18 Å². The monoisotopic (exact) mass is 547 g/mol. The fourth-order valence-corrected chi connectivity index (χ4v) is 4.23. The molecule has 0 amide bonds. The third-order valence-corrected chi connectivity index (χ3v) is 5.92. The van der Waals surface area contributed by atoms with Crippen molar-refractivity contribution in [2.75, 3.05) is 27.3 Å². The Kier molecular flexibility index (Phi) is 8.84. The maximum atomic E-state index is 15.0. The number of halogens is 1. The number of ether oxygens (including phenoxy) is 3. The van der Waals surface area contributed by atoms with Crippen molar-refractivity contribution in [1.29, 1.82) is 0 Å². The van der Waals surface area contributed by atoms with Crippen molar-refractivity contribution in [3.8, 4) is 45.5 Å². The predicted molar refractivity (Wildman–Crippen MR) is 150 cm³/mol. The molecule has 0 unspecified atom stereocenters. The Morgan fingerprint density at radius 3 is 2.42 bits per heavy atom. The first-order valence-corrected chi connectivity index (χ1v) is 13.0. The Morgan fingerprint density at radius 1 is 1.00 bits per heavy atom. The van der Waals surface area contributed by atoms with Crippen LogP contribution in [0.3, 0.4) is 0 Å². The third kappa shape index (κ3) is 7.04. The van der Waals surface area contributed by atoms with Crippen LogP contribution >= 0.6 is 0 Å². The summed E-state index contributed by atoms with van der Waals surface area (Å²) in [5, 5.41) is 4.07. The lowest BCUT2D eigenvalue weighted by Gasteiger charge is -2.22.